The number of aryl methyl sites for hydroxylation is 1. The molecule has 0 saturated heterocycles. The van der Waals surface area contributed by atoms with Gasteiger partial charge in [0.05, 0.1) is 0 Å². The van der Waals surface area contributed by atoms with Crippen LogP contribution in [0.15, 0.2) is 85.1 Å². The highest BCUT2D eigenvalue weighted by Crippen LogP contribution is 2.20. The number of pyridine rings is 1. The molecule has 0 bridgehead atoms. The highest BCUT2D eigenvalue weighted by Gasteiger charge is 2.05. The van der Waals surface area contributed by atoms with Crippen molar-refractivity contribution in [3.63, 3.8) is 0 Å². The highest BCUT2D eigenvalue weighted by atomic mass is 19.1. The monoisotopic (exact) mass is 400 g/mol. The molecule has 4 aromatic rings. The molecule has 4 nitrogen and oxygen atoms in total. The summed E-state index contributed by atoms with van der Waals surface area (Å²) in [6.45, 7) is 0.393. The summed E-state index contributed by atoms with van der Waals surface area (Å²) < 4.78 is 18.7. The Morgan fingerprint density at radius 3 is 2.53 bits per heavy atom. The zero-order valence-corrected chi connectivity index (χ0v) is 16.3. The zero-order chi connectivity index (χ0) is 20.8. The Morgan fingerprint density at radius 1 is 0.900 bits per heavy atom. The first-order chi connectivity index (χ1) is 14.7. The second-order valence-corrected chi connectivity index (χ2v) is 7.02. The number of nitrogens with one attached hydrogen (secondary N) is 1. The molecule has 1 N–H and O–H groups in total. The van der Waals surface area contributed by atoms with Crippen LogP contribution in [0.2, 0.25) is 0 Å². The fourth-order valence-electron chi connectivity index (χ4n) is 3.17. The fourth-order valence-corrected chi connectivity index (χ4v) is 3.17. The Hall–Kier alpha value is -3.73. The first kappa shape index (κ1) is 19.6. The van der Waals surface area contributed by atoms with E-state index in [1.165, 1.54) is 22.9 Å². The van der Waals surface area contributed by atoms with Gasteiger partial charge in [0.2, 0.25) is 11.8 Å². The molecule has 0 aliphatic heterocycles. The second kappa shape index (κ2) is 9.18. The topological polar surface area (TPSA) is 51.2 Å². The molecular weight excluding hydrogens is 379 g/mol. The third-order valence-electron chi connectivity index (χ3n) is 4.76. The van der Waals surface area contributed by atoms with E-state index in [-0.39, 0.29) is 11.7 Å². The smallest absolute Gasteiger partial charge is 0.220 e. The predicted octanol–water partition coefficient (Wildman–Crippen LogP) is 5.42. The van der Waals surface area contributed by atoms with Crippen molar-refractivity contribution in [3.05, 3.63) is 102 Å². The van der Waals surface area contributed by atoms with Gasteiger partial charge in [-0.2, -0.15) is 0 Å². The molecule has 0 spiro atoms. The van der Waals surface area contributed by atoms with Crippen LogP contribution in [-0.2, 0) is 17.8 Å². The summed E-state index contributed by atoms with van der Waals surface area (Å²) in [5.74, 6) is 0.378. The zero-order valence-electron chi connectivity index (χ0n) is 16.3. The first-order valence-corrected chi connectivity index (χ1v) is 9.78. The number of nitrogens with zero attached hydrogens (tertiary/aromatic N) is 1. The Labute approximate surface area is 174 Å². The van der Waals surface area contributed by atoms with Crippen LogP contribution in [0.5, 0.6) is 11.6 Å². The largest absolute Gasteiger partial charge is 0.439 e. The average molecular weight is 400 g/mol. The average Bonchev–Trinajstić information content (AvgIpc) is 2.77. The van der Waals surface area contributed by atoms with E-state index in [1.54, 1.807) is 24.4 Å². The molecule has 1 heterocycles. The van der Waals surface area contributed by atoms with Crippen molar-refractivity contribution in [3.8, 4) is 11.6 Å². The van der Waals surface area contributed by atoms with Crippen molar-refractivity contribution in [1.82, 2.24) is 10.3 Å². The van der Waals surface area contributed by atoms with Gasteiger partial charge >= 0.3 is 0 Å². The quantitative estimate of drug-likeness (QED) is 0.451. The van der Waals surface area contributed by atoms with Gasteiger partial charge in [-0.3, -0.25) is 4.79 Å². The van der Waals surface area contributed by atoms with Gasteiger partial charge in [0.25, 0.3) is 0 Å². The number of benzene rings is 3. The maximum absolute atomic E-state index is 13.2. The number of ether oxygens (including phenoxy) is 1. The molecule has 1 amide bonds. The van der Waals surface area contributed by atoms with Gasteiger partial charge in [-0.1, -0.05) is 54.6 Å². The SMILES string of the molecule is O=C(CCc1ccc2ccccc2c1)NCc1ccc(Oc2cccc(F)c2)nc1. The number of carbonyl (C=O) groups is 1. The van der Waals surface area contributed by atoms with E-state index in [1.807, 2.05) is 18.2 Å². The van der Waals surface area contributed by atoms with Crippen LogP contribution in [-0.4, -0.2) is 10.9 Å². The summed E-state index contributed by atoms with van der Waals surface area (Å²) >= 11 is 0. The van der Waals surface area contributed by atoms with Crippen LogP contribution in [0.25, 0.3) is 10.8 Å². The molecule has 5 heteroatoms. The van der Waals surface area contributed by atoms with Crippen LogP contribution in [0.3, 0.4) is 0 Å². The number of rotatable bonds is 7. The van der Waals surface area contributed by atoms with Crippen LogP contribution < -0.4 is 10.1 Å². The highest BCUT2D eigenvalue weighted by molar-refractivity contribution is 5.83. The Kier molecular flexibility index (Phi) is 5.99. The van der Waals surface area contributed by atoms with Gasteiger partial charge in [-0.15, -0.1) is 0 Å². The summed E-state index contributed by atoms with van der Waals surface area (Å²) in [5.41, 5.74) is 2.00. The number of hydrogen-bond donors (Lipinski definition) is 1. The maximum atomic E-state index is 13.2. The molecule has 150 valence electrons. The normalized spacial score (nSPS) is 10.7. The molecule has 0 radical (unpaired) electrons. The number of amides is 1. The summed E-state index contributed by atoms with van der Waals surface area (Å²) in [7, 11) is 0. The number of hydrogen-bond acceptors (Lipinski definition) is 3. The number of aromatic nitrogens is 1. The molecular formula is C25H21FN2O2. The second-order valence-electron chi connectivity index (χ2n) is 7.02. The molecule has 0 unspecified atom stereocenters. The van der Waals surface area contributed by atoms with Gasteiger partial charge < -0.3 is 10.1 Å². The summed E-state index contributed by atoms with van der Waals surface area (Å²) in [4.78, 5) is 16.4. The molecule has 1 aromatic heterocycles. The van der Waals surface area contributed by atoms with Crippen molar-refractivity contribution in [2.75, 3.05) is 0 Å². The molecule has 0 aliphatic carbocycles. The summed E-state index contributed by atoms with van der Waals surface area (Å²) in [6, 6.07) is 23.9. The fraction of sp³-hybridized carbons (Fsp3) is 0.120. The van der Waals surface area contributed by atoms with Gasteiger partial charge in [0.1, 0.15) is 11.6 Å². The van der Waals surface area contributed by atoms with Crippen LogP contribution >= 0.6 is 0 Å². The van der Waals surface area contributed by atoms with E-state index in [4.69, 9.17) is 4.74 Å². The molecule has 4 rings (SSSR count). The molecule has 30 heavy (non-hydrogen) atoms. The van der Waals surface area contributed by atoms with Crippen molar-refractivity contribution in [2.45, 2.75) is 19.4 Å². The minimum Gasteiger partial charge on any atom is -0.439 e. The Balaban J connectivity index is 1.26. The van der Waals surface area contributed by atoms with Gasteiger partial charge in [0, 0.05) is 31.3 Å². The first-order valence-electron chi connectivity index (χ1n) is 9.78. The lowest BCUT2D eigenvalue weighted by Gasteiger charge is -2.08. The van der Waals surface area contributed by atoms with E-state index in [2.05, 4.69) is 40.6 Å². The van der Waals surface area contributed by atoms with E-state index >= 15 is 0 Å². The van der Waals surface area contributed by atoms with Crippen molar-refractivity contribution < 1.29 is 13.9 Å². The molecule has 0 atom stereocenters. The minimum absolute atomic E-state index is 0.0109. The standard InChI is InChI=1S/C25H21FN2O2/c26-22-6-3-7-23(15-22)30-25-13-10-19(17-28-25)16-27-24(29)12-9-18-8-11-20-4-1-2-5-21(20)14-18/h1-8,10-11,13-15,17H,9,12,16H2,(H,27,29). The summed E-state index contributed by atoms with van der Waals surface area (Å²) in [5, 5.41) is 5.29. The van der Waals surface area contributed by atoms with E-state index < -0.39 is 0 Å². The van der Waals surface area contributed by atoms with E-state index in [0.29, 0.717) is 31.0 Å². The lowest BCUT2D eigenvalue weighted by atomic mass is 10.0. The maximum Gasteiger partial charge on any atom is 0.220 e. The Morgan fingerprint density at radius 2 is 1.73 bits per heavy atom. The predicted molar refractivity (Wildman–Crippen MR) is 115 cm³/mol. The molecule has 3 aromatic carbocycles. The van der Waals surface area contributed by atoms with E-state index in [0.717, 1.165) is 11.1 Å². The van der Waals surface area contributed by atoms with Crippen LogP contribution in [0.4, 0.5) is 4.39 Å². The molecule has 0 fully saturated rings. The lowest BCUT2D eigenvalue weighted by Crippen LogP contribution is -2.23. The van der Waals surface area contributed by atoms with Gasteiger partial charge in [-0.05, 0) is 40.5 Å². The van der Waals surface area contributed by atoms with Gasteiger partial charge in [-0.25, -0.2) is 9.37 Å². The van der Waals surface area contributed by atoms with Crippen molar-refractivity contribution in [2.24, 2.45) is 0 Å². The Bertz CT molecular complexity index is 1160. The third-order valence-corrected chi connectivity index (χ3v) is 4.76. The van der Waals surface area contributed by atoms with Gasteiger partial charge in [0.15, 0.2) is 0 Å². The lowest BCUT2D eigenvalue weighted by molar-refractivity contribution is -0.121. The summed E-state index contributed by atoms with van der Waals surface area (Å²) in [6.07, 6.45) is 2.75. The van der Waals surface area contributed by atoms with Crippen molar-refractivity contribution >= 4 is 16.7 Å². The van der Waals surface area contributed by atoms with Crippen molar-refractivity contribution in [1.29, 1.82) is 0 Å². The van der Waals surface area contributed by atoms with Crippen LogP contribution in [0, 0.1) is 5.82 Å². The number of carbonyl (C=O) groups excluding carboxylic acids is 1. The molecule has 0 aliphatic rings. The third kappa shape index (κ3) is 5.20. The van der Waals surface area contributed by atoms with Crippen LogP contribution in [0.1, 0.15) is 17.5 Å². The number of halogens is 1. The van der Waals surface area contributed by atoms with E-state index in [9.17, 15) is 9.18 Å². The minimum atomic E-state index is -0.365. The molecule has 0 saturated carbocycles. The number of fused-ring (bicyclic) bond motifs is 1.